The van der Waals surface area contributed by atoms with Crippen molar-refractivity contribution < 1.29 is 22.4 Å². The zero-order valence-corrected chi connectivity index (χ0v) is 21.8. The van der Waals surface area contributed by atoms with Crippen LogP contribution in [0.5, 0.6) is 0 Å². The summed E-state index contributed by atoms with van der Waals surface area (Å²) in [5.41, 5.74) is 1.00. The zero-order chi connectivity index (χ0) is 26.5. The highest BCUT2D eigenvalue weighted by molar-refractivity contribution is 7.92. The van der Waals surface area contributed by atoms with E-state index in [0.29, 0.717) is 23.1 Å². The smallest absolute Gasteiger partial charge is 0.244 e. The molecule has 3 aromatic rings. The Hall–Kier alpha value is -3.46. The van der Waals surface area contributed by atoms with E-state index < -0.39 is 34.3 Å². The number of carbonyl (C=O) groups is 2. The minimum atomic E-state index is -3.85. The zero-order valence-electron chi connectivity index (χ0n) is 20.9. The number of halogens is 1. The normalized spacial score (nSPS) is 12.4. The van der Waals surface area contributed by atoms with Crippen LogP contribution in [0.3, 0.4) is 0 Å². The fourth-order valence-electron chi connectivity index (χ4n) is 4.11. The van der Waals surface area contributed by atoms with Gasteiger partial charge in [-0.15, -0.1) is 0 Å². The van der Waals surface area contributed by atoms with E-state index in [4.69, 9.17) is 0 Å². The number of carbonyl (C=O) groups excluding carboxylic acids is 2. The minimum absolute atomic E-state index is 0.0241. The van der Waals surface area contributed by atoms with Crippen molar-refractivity contribution >= 4 is 38.3 Å². The van der Waals surface area contributed by atoms with Gasteiger partial charge in [0.05, 0.1) is 11.9 Å². The Labute approximate surface area is 212 Å². The molecule has 0 spiro atoms. The molecule has 3 rings (SSSR count). The maximum atomic E-state index is 13.7. The first-order valence-corrected chi connectivity index (χ1v) is 13.7. The summed E-state index contributed by atoms with van der Waals surface area (Å²) in [6.07, 6.45) is 1.37. The van der Waals surface area contributed by atoms with Crippen LogP contribution >= 0.6 is 0 Å². The second-order valence-electron chi connectivity index (χ2n) is 9.00. The highest BCUT2D eigenvalue weighted by atomic mass is 32.2. The fraction of sp³-hybridized carbons (Fsp3) is 0.333. The maximum Gasteiger partial charge on any atom is 0.244 e. The summed E-state index contributed by atoms with van der Waals surface area (Å²) < 4.78 is 40.3. The van der Waals surface area contributed by atoms with Gasteiger partial charge in [-0.1, -0.05) is 55.5 Å². The Kier molecular flexibility index (Phi) is 8.68. The molecule has 192 valence electrons. The van der Waals surface area contributed by atoms with Gasteiger partial charge in [0, 0.05) is 18.0 Å². The molecule has 0 saturated heterocycles. The molecular weight excluding hydrogens is 481 g/mol. The summed E-state index contributed by atoms with van der Waals surface area (Å²) in [5.74, 6) is -1.29. The largest absolute Gasteiger partial charge is 0.352 e. The number of nitrogens with one attached hydrogen (secondary N) is 1. The molecule has 1 N–H and O–H groups in total. The Morgan fingerprint density at radius 3 is 2.22 bits per heavy atom. The van der Waals surface area contributed by atoms with Crippen LogP contribution < -0.4 is 9.62 Å². The minimum Gasteiger partial charge on any atom is -0.352 e. The molecule has 3 aromatic carbocycles. The molecule has 0 unspecified atom stereocenters. The van der Waals surface area contributed by atoms with E-state index in [1.165, 1.54) is 17.0 Å². The molecule has 0 aliphatic heterocycles. The van der Waals surface area contributed by atoms with Crippen LogP contribution in [0.4, 0.5) is 10.1 Å². The van der Waals surface area contributed by atoms with Crippen molar-refractivity contribution in [1.82, 2.24) is 10.2 Å². The van der Waals surface area contributed by atoms with Crippen molar-refractivity contribution in [2.75, 3.05) is 17.1 Å². The standard InChI is InChI=1S/C27H32FN3O4S/c1-5-24(27(33)29-19(2)3)30(17-20-13-15-22(28)16-14-20)26(32)18-31(36(4,34)35)25-12-8-10-21-9-6-7-11-23(21)25/h6-16,19,24H,5,17-18H2,1-4H3,(H,29,33)/t24-/m1/s1. The van der Waals surface area contributed by atoms with Gasteiger partial charge in [0.15, 0.2) is 0 Å². The first kappa shape index (κ1) is 27.1. The predicted molar refractivity (Wildman–Crippen MR) is 140 cm³/mol. The summed E-state index contributed by atoms with van der Waals surface area (Å²) in [5, 5.41) is 4.36. The first-order chi connectivity index (χ1) is 17.0. The molecule has 0 aliphatic carbocycles. The van der Waals surface area contributed by atoms with E-state index in [1.54, 1.807) is 43.3 Å². The van der Waals surface area contributed by atoms with Crippen LogP contribution in [-0.4, -0.2) is 50.0 Å². The van der Waals surface area contributed by atoms with Crippen LogP contribution in [0.1, 0.15) is 32.8 Å². The van der Waals surface area contributed by atoms with Crippen LogP contribution in [0, 0.1) is 5.82 Å². The first-order valence-electron chi connectivity index (χ1n) is 11.8. The van der Waals surface area contributed by atoms with Crippen LogP contribution in [0.2, 0.25) is 0 Å². The monoisotopic (exact) mass is 513 g/mol. The topological polar surface area (TPSA) is 86.8 Å². The predicted octanol–water partition coefficient (Wildman–Crippen LogP) is 4.08. The van der Waals surface area contributed by atoms with Crippen LogP contribution in [-0.2, 0) is 26.2 Å². The molecule has 0 aliphatic rings. The fourth-order valence-corrected chi connectivity index (χ4v) is 4.97. The lowest BCUT2D eigenvalue weighted by Gasteiger charge is -2.33. The summed E-state index contributed by atoms with van der Waals surface area (Å²) in [6.45, 7) is 4.97. The molecule has 0 radical (unpaired) electrons. The summed E-state index contributed by atoms with van der Waals surface area (Å²) >= 11 is 0. The molecule has 7 nitrogen and oxygen atoms in total. The van der Waals surface area contributed by atoms with Crippen LogP contribution in [0.25, 0.3) is 10.8 Å². The van der Waals surface area contributed by atoms with E-state index in [9.17, 15) is 22.4 Å². The van der Waals surface area contributed by atoms with Gasteiger partial charge in [-0.25, -0.2) is 12.8 Å². The maximum absolute atomic E-state index is 13.7. The van der Waals surface area contributed by atoms with Crippen molar-refractivity contribution in [2.45, 2.75) is 45.8 Å². The van der Waals surface area contributed by atoms with Gasteiger partial charge in [-0.2, -0.15) is 0 Å². The molecule has 0 fully saturated rings. The van der Waals surface area contributed by atoms with Gasteiger partial charge in [0.2, 0.25) is 21.8 Å². The van der Waals surface area contributed by atoms with Gasteiger partial charge in [0.25, 0.3) is 0 Å². The molecule has 9 heteroatoms. The summed E-state index contributed by atoms with van der Waals surface area (Å²) in [7, 11) is -3.85. The van der Waals surface area contributed by atoms with Crippen molar-refractivity contribution in [1.29, 1.82) is 0 Å². The van der Waals surface area contributed by atoms with Gasteiger partial charge in [-0.05, 0) is 49.4 Å². The van der Waals surface area contributed by atoms with Gasteiger partial charge in [0.1, 0.15) is 18.4 Å². The third-order valence-corrected chi connectivity index (χ3v) is 6.92. The Bertz CT molecular complexity index is 1320. The second-order valence-corrected chi connectivity index (χ2v) is 10.9. The second kappa shape index (κ2) is 11.5. The van der Waals surface area contributed by atoms with Crippen molar-refractivity contribution in [3.8, 4) is 0 Å². The van der Waals surface area contributed by atoms with E-state index in [2.05, 4.69) is 5.32 Å². The van der Waals surface area contributed by atoms with Gasteiger partial charge in [-0.3, -0.25) is 13.9 Å². The Balaban J connectivity index is 2.02. The van der Waals surface area contributed by atoms with E-state index in [-0.39, 0.29) is 18.5 Å². The number of amides is 2. The van der Waals surface area contributed by atoms with Crippen LogP contribution in [0.15, 0.2) is 66.7 Å². The van der Waals surface area contributed by atoms with Gasteiger partial charge < -0.3 is 10.2 Å². The lowest BCUT2D eigenvalue weighted by Crippen LogP contribution is -2.53. The van der Waals surface area contributed by atoms with E-state index in [1.807, 2.05) is 32.0 Å². The number of sulfonamides is 1. The number of hydrogen-bond acceptors (Lipinski definition) is 4. The van der Waals surface area contributed by atoms with Gasteiger partial charge >= 0.3 is 0 Å². The number of nitrogens with zero attached hydrogens (tertiary/aromatic N) is 2. The third-order valence-electron chi connectivity index (χ3n) is 5.80. The summed E-state index contributed by atoms with van der Waals surface area (Å²) in [6, 6.07) is 17.3. The van der Waals surface area contributed by atoms with Crippen molar-refractivity contribution in [2.24, 2.45) is 0 Å². The van der Waals surface area contributed by atoms with Crippen molar-refractivity contribution in [3.05, 3.63) is 78.1 Å². The average Bonchev–Trinajstić information content (AvgIpc) is 2.82. The average molecular weight is 514 g/mol. The highest BCUT2D eigenvalue weighted by Gasteiger charge is 2.32. The summed E-state index contributed by atoms with van der Waals surface area (Å²) in [4.78, 5) is 28.1. The molecule has 2 amide bonds. The molecular formula is C27H32FN3O4S. The lowest BCUT2D eigenvalue weighted by atomic mass is 10.1. The molecule has 1 atom stereocenters. The van der Waals surface area contributed by atoms with Crippen molar-refractivity contribution in [3.63, 3.8) is 0 Å². The molecule has 0 bridgehead atoms. The molecule has 36 heavy (non-hydrogen) atoms. The number of anilines is 1. The Morgan fingerprint density at radius 1 is 0.972 bits per heavy atom. The number of hydrogen-bond donors (Lipinski definition) is 1. The number of rotatable bonds is 10. The van der Waals surface area contributed by atoms with E-state index in [0.717, 1.165) is 15.9 Å². The molecule has 0 saturated carbocycles. The SMILES string of the molecule is CC[C@H](C(=O)NC(C)C)N(Cc1ccc(F)cc1)C(=O)CN(c1cccc2ccccc12)S(C)(=O)=O. The molecule has 0 heterocycles. The third kappa shape index (κ3) is 6.60. The highest BCUT2D eigenvalue weighted by Crippen LogP contribution is 2.28. The van der Waals surface area contributed by atoms with E-state index >= 15 is 0 Å². The number of fused-ring (bicyclic) bond motifs is 1. The number of benzene rings is 3. The molecule has 0 aromatic heterocycles. The lowest BCUT2D eigenvalue weighted by molar-refractivity contribution is -0.140. The quantitative estimate of drug-likeness (QED) is 0.443. The Morgan fingerprint density at radius 2 is 1.61 bits per heavy atom.